The molecule has 4 nitrogen and oxygen atoms in total. The van der Waals surface area contributed by atoms with E-state index in [2.05, 4.69) is 15.0 Å². The van der Waals surface area contributed by atoms with E-state index in [4.69, 9.17) is 12.2 Å². The number of likely N-dealkylation sites (tertiary alicyclic amines) is 1. The van der Waals surface area contributed by atoms with Gasteiger partial charge in [0.15, 0.2) is 5.82 Å². The number of nitrogens with zero attached hydrogens (tertiary/aromatic N) is 3. The number of hydrogen-bond acceptors (Lipinski definition) is 3. The fourth-order valence-corrected chi connectivity index (χ4v) is 3.03. The molecule has 5 heteroatoms. The van der Waals surface area contributed by atoms with Gasteiger partial charge in [0, 0.05) is 5.56 Å². The van der Waals surface area contributed by atoms with Crippen LogP contribution in [0, 0.1) is 4.77 Å². The molecule has 3 rings (SSSR count). The minimum atomic E-state index is 0.635. The van der Waals surface area contributed by atoms with Crippen LogP contribution < -0.4 is 0 Å². The average Bonchev–Trinajstić information content (AvgIpc) is 2.84. The van der Waals surface area contributed by atoms with Gasteiger partial charge < -0.3 is 0 Å². The van der Waals surface area contributed by atoms with Gasteiger partial charge in [0.25, 0.3) is 0 Å². The molecular weight excluding hydrogens is 280 g/mol. The molecule has 0 saturated carbocycles. The number of rotatable bonds is 3. The Morgan fingerprint density at radius 3 is 2.38 bits per heavy atom. The van der Waals surface area contributed by atoms with Crippen molar-refractivity contribution in [2.24, 2.45) is 0 Å². The third kappa shape index (κ3) is 3.80. The molecule has 0 bridgehead atoms. The smallest absolute Gasteiger partial charge is 0.217 e. The minimum absolute atomic E-state index is 0.635. The standard InChI is InChI=1S/C16H22N4S/c21-16-17-15(14-9-5-4-6-10-14)18-20(16)13-19-11-7-2-1-3-8-12-19/h4-6,9-10H,1-3,7-8,11-13H2,(H,17,18,21). The minimum Gasteiger partial charge on any atom is -0.284 e. The second-order valence-corrected chi connectivity index (χ2v) is 6.04. The molecule has 0 atom stereocenters. The quantitative estimate of drug-likeness (QED) is 0.875. The maximum absolute atomic E-state index is 5.40. The van der Waals surface area contributed by atoms with Crippen molar-refractivity contribution < 1.29 is 0 Å². The van der Waals surface area contributed by atoms with Crippen molar-refractivity contribution in [3.05, 3.63) is 35.1 Å². The van der Waals surface area contributed by atoms with Crippen LogP contribution in [0.4, 0.5) is 0 Å². The molecular formula is C16H22N4S. The Balaban J connectivity index is 1.73. The van der Waals surface area contributed by atoms with E-state index in [-0.39, 0.29) is 0 Å². The summed E-state index contributed by atoms with van der Waals surface area (Å²) in [7, 11) is 0. The lowest BCUT2D eigenvalue weighted by molar-refractivity contribution is 0.188. The zero-order valence-corrected chi connectivity index (χ0v) is 13.1. The average molecular weight is 302 g/mol. The van der Waals surface area contributed by atoms with E-state index in [1.54, 1.807) is 0 Å². The van der Waals surface area contributed by atoms with Crippen molar-refractivity contribution in [3.8, 4) is 11.4 Å². The van der Waals surface area contributed by atoms with Crippen LogP contribution in [-0.4, -0.2) is 32.8 Å². The Hall–Kier alpha value is -1.46. The number of H-pyrrole nitrogens is 1. The van der Waals surface area contributed by atoms with Crippen LogP contribution in [0.5, 0.6) is 0 Å². The van der Waals surface area contributed by atoms with Crippen LogP contribution in [0.25, 0.3) is 11.4 Å². The first kappa shape index (κ1) is 14.5. The van der Waals surface area contributed by atoms with Crippen molar-refractivity contribution in [2.75, 3.05) is 13.1 Å². The highest BCUT2D eigenvalue weighted by Gasteiger charge is 2.11. The molecule has 1 N–H and O–H groups in total. The Morgan fingerprint density at radius 2 is 1.67 bits per heavy atom. The number of hydrogen-bond donors (Lipinski definition) is 1. The Labute approximate surface area is 130 Å². The van der Waals surface area contributed by atoms with Crippen LogP contribution in [0.3, 0.4) is 0 Å². The summed E-state index contributed by atoms with van der Waals surface area (Å²) >= 11 is 5.40. The Kier molecular flexibility index (Phi) is 4.83. The zero-order valence-electron chi connectivity index (χ0n) is 12.3. The summed E-state index contributed by atoms with van der Waals surface area (Å²) in [6.45, 7) is 3.13. The predicted molar refractivity (Wildman–Crippen MR) is 87.5 cm³/mol. The molecule has 0 unspecified atom stereocenters. The van der Waals surface area contributed by atoms with Crippen LogP contribution in [0.2, 0.25) is 0 Å². The number of aromatic amines is 1. The van der Waals surface area contributed by atoms with Gasteiger partial charge in [0.05, 0.1) is 6.67 Å². The van der Waals surface area contributed by atoms with Crippen molar-refractivity contribution >= 4 is 12.2 Å². The van der Waals surface area contributed by atoms with Gasteiger partial charge in [0.1, 0.15) is 0 Å². The molecule has 0 spiro atoms. The first-order valence-corrected chi connectivity index (χ1v) is 8.18. The summed E-state index contributed by atoms with van der Waals surface area (Å²) in [6.07, 6.45) is 6.65. The lowest BCUT2D eigenvalue weighted by Gasteiger charge is -2.24. The fourth-order valence-electron chi connectivity index (χ4n) is 2.83. The topological polar surface area (TPSA) is 36.9 Å². The molecule has 1 saturated heterocycles. The molecule has 1 aromatic heterocycles. The van der Waals surface area contributed by atoms with Gasteiger partial charge in [-0.05, 0) is 38.1 Å². The third-order valence-electron chi connectivity index (χ3n) is 4.02. The number of benzene rings is 1. The van der Waals surface area contributed by atoms with Crippen LogP contribution in [0.1, 0.15) is 32.1 Å². The molecule has 112 valence electrons. The van der Waals surface area contributed by atoms with Gasteiger partial charge in [-0.3, -0.25) is 10.00 Å². The van der Waals surface area contributed by atoms with E-state index in [0.29, 0.717) is 4.77 Å². The van der Waals surface area contributed by atoms with Gasteiger partial charge in [-0.25, -0.2) is 4.68 Å². The van der Waals surface area contributed by atoms with Crippen molar-refractivity contribution in [2.45, 2.75) is 38.8 Å². The molecule has 2 heterocycles. The summed E-state index contributed by atoms with van der Waals surface area (Å²) in [5, 5.41) is 3.34. The second kappa shape index (κ2) is 7.00. The van der Waals surface area contributed by atoms with E-state index in [1.165, 1.54) is 32.1 Å². The van der Waals surface area contributed by atoms with Gasteiger partial charge in [0.2, 0.25) is 4.77 Å². The van der Waals surface area contributed by atoms with Gasteiger partial charge >= 0.3 is 0 Å². The summed E-state index contributed by atoms with van der Waals surface area (Å²) in [5.74, 6) is 0.854. The fraction of sp³-hybridized carbons (Fsp3) is 0.500. The monoisotopic (exact) mass is 302 g/mol. The maximum atomic E-state index is 5.40. The van der Waals surface area contributed by atoms with Gasteiger partial charge in [-0.15, -0.1) is 0 Å². The molecule has 1 aromatic carbocycles. The molecule has 0 radical (unpaired) electrons. The van der Waals surface area contributed by atoms with E-state index in [0.717, 1.165) is 31.1 Å². The van der Waals surface area contributed by atoms with E-state index in [1.807, 2.05) is 35.0 Å². The largest absolute Gasteiger partial charge is 0.284 e. The van der Waals surface area contributed by atoms with Crippen molar-refractivity contribution in [1.82, 2.24) is 19.7 Å². The lowest BCUT2D eigenvalue weighted by atomic mass is 10.1. The maximum Gasteiger partial charge on any atom is 0.217 e. The summed E-state index contributed by atoms with van der Waals surface area (Å²) in [4.78, 5) is 6.96. The molecule has 1 fully saturated rings. The highest BCUT2D eigenvalue weighted by molar-refractivity contribution is 7.71. The van der Waals surface area contributed by atoms with E-state index < -0.39 is 0 Å². The van der Waals surface area contributed by atoms with Gasteiger partial charge in [-0.2, -0.15) is 4.98 Å². The molecule has 0 aliphatic carbocycles. The highest BCUT2D eigenvalue weighted by Crippen LogP contribution is 2.15. The predicted octanol–water partition coefficient (Wildman–Crippen LogP) is 3.83. The third-order valence-corrected chi connectivity index (χ3v) is 4.33. The lowest BCUT2D eigenvalue weighted by Crippen LogP contribution is -2.30. The van der Waals surface area contributed by atoms with Crippen molar-refractivity contribution in [3.63, 3.8) is 0 Å². The molecule has 0 amide bonds. The Morgan fingerprint density at radius 1 is 1.00 bits per heavy atom. The SMILES string of the molecule is S=c1nc(-c2ccccc2)[nH]n1CN1CCCCCCC1. The molecule has 2 aromatic rings. The van der Waals surface area contributed by atoms with Crippen molar-refractivity contribution in [1.29, 1.82) is 0 Å². The normalized spacial score (nSPS) is 17.3. The van der Waals surface area contributed by atoms with Crippen LogP contribution in [-0.2, 0) is 6.67 Å². The Bertz CT molecular complexity index is 609. The summed E-state index contributed by atoms with van der Waals surface area (Å²) in [6, 6.07) is 10.1. The van der Waals surface area contributed by atoms with Gasteiger partial charge in [-0.1, -0.05) is 49.6 Å². The second-order valence-electron chi connectivity index (χ2n) is 5.68. The molecule has 21 heavy (non-hydrogen) atoms. The van der Waals surface area contributed by atoms with E-state index in [9.17, 15) is 0 Å². The first-order chi connectivity index (χ1) is 10.3. The van der Waals surface area contributed by atoms with Crippen LogP contribution in [0.15, 0.2) is 30.3 Å². The molecule has 1 aliphatic rings. The van der Waals surface area contributed by atoms with E-state index >= 15 is 0 Å². The number of aromatic nitrogens is 3. The summed E-state index contributed by atoms with van der Waals surface area (Å²) < 4.78 is 2.62. The first-order valence-electron chi connectivity index (χ1n) is 7.77. The summed E-state index contributed by atoms with van der Waals surface area (Å²) in [5.41, 5.74) is 1.08. The number of nitrogens with one attached hydrogen (secondary N) is 1. The zero-order chi connectivity index (χ0) is 14.5. The highest BCUT2D eigenvalue weighted by atomic mass is 32.1. The molecule has 1 aliphatic heterocycles. The van der Waals surface area contributed by atoms with Crippen LogP contribution >= 0.6 is 12.2 Å².